The second-order valence-electron chi connectivity index (χ2n) is 11.0. The van der Waals surface area contributed by atoms with Gasteiger partial charge in [-0.25, -0.2) is 0 Å². The molecule has 0 saturated carbocycles. The quantitative estimate of drug-likeness (QED) is 0.479. The Morgan fingerprint density at radius 1 is 0.625 bits per heavy atom. The van der Waals surface area contributed by atoms with E-state index in [0.717, 1.165) is 8.37 Å². The Bertz CT molecular complexity index is 576. The van der Waals surface area contributed by atoms with E-state index in [1.165, 1.54) is 22.0 Å². The molecule has 1 aromatic rings. The molecule has 0 aromatic heterocycles. The standard InChI is InChI=1S/C22H38NP/c1-19(2,3)15-13-16(20(4,5)6)18(24-23-22(10,11)12)17(14-15)21(7,8)9/h13-14H,1-12H3. The molecule has 0 N–H and O–H groups in total. The molecule has 0 saturated heterocycles. The average Bonchev–Trinajstić information content (AvgIpc) is 2.30. The van der Waals surface area contributed by atoms with Crippen LogP contribution in [0.15, 0.2) is 16.9 Å². The molecule has 0 amide bonds. The van der Waals surface area contributed by atoms with Gasteiger partial charge in [-0.2, -0.15) is 0 Å². The molecule has 0 fully saturated rings. The summed E-state index contributed by atoms with van der Waals surface area (Å²) in [5.41, 5.74) is 4.65. The van der Waals surface area contributed by atoms with E-state index in [1.54, 1.807) is 0 Å². The monoisotopic (exact) mass is 347 g/mol. The summed E-state index contributed by atoms with van der Waals surface area (Å²) in [6.45, 7) is 27.3. The summed E-state index contributed by atoms with van der Waals surface area (Å²) in [6.07, 6.45) is 0. The van der Waals surface area contributed by atoms with Gasteiger partial charge < -0.3 is 0 Å². The van der Waals surface area contributed by atoms with Crippen LogP contribution in [0, 0.1) is 0 Å². The summed E-state index contributed by atoms with van der Waals surface area (Å²) >= 11 is 0. The number of hydrogen-bond donors (Lipinski definition) is 0. The fourth-order valence-corrected chi connectivity index (χ4v) is 3.93. The normalized spacial score (nSPS) is 14.5. The first-order valence-corrected chi connectivity index (χ1v) is 9.90. The van der Waals surface area contributed by atoms with Crippen molar-refractivity contribution in [1.29, 1.82) is 0 Å². The average molecular weight is 348 g/mol. The lowest BCUT2D eigenvalue weighted by molar-refractivity contribution is 0.553. The SMILES string of the molecule is CC(C)(C)N=Pc1c(C(C)(C)C)cc(C(C)(C)C)cc1C(C)(C)C. The van der Waals surface area contributed by atoms with Crippen LogP contribution in [0.2, 0.25) is 0 Å². The molecule has 1 nitrogen and oxygen atoms in total. The predicted octanol–water partition coefficient (Wildman–Crippen LogP) is 7.13. The minimum atomic E-state index is -0.0193. The predicted molar refractivity (Wildman–Crippen MR) is 111 cm³/mol. The molecule has 0 unspecified atom stereocenters. The van der Waals surface area contributed by atoms with Gasteiger partial charge in [-0.3, -0.25) is 4.74 Å². The molecule has 0 radical (unpaired) electrons. The highest BCUT2D eigenvalue weighted by Crippen LogP contribution is 2.36. The van der Waals surface area contributed by atoms with Crippen LogP contribution in [0.3, 0.4) is 0 Å². The van der Waals surface area contributed by atoms with Crippen LogP contribution in [-0.2, 0) is 16.2 Å². The van der Waals surface area contributed by atoms with E-state index >= 15 is 0 Å². The van der Waals surface area contributed by atoms with Gasteiger partial charge in [0.1, 0.15) is 0 Å². The Morgan fingerprint density at radius 3 is 1.25 bits per heavy atom. The van der Waals surface area contributed by atoms with Crippen molar-refractivity contribution >= 4 is 13.7 Å². The number of hydrogen-bond acceptors (Lipinski definition) is 1. The maximum absolute atomic E-state index is 4.94. The molecule has 0 aliphatic heterocycles. The molecule has 1 rings (SSSR count). The molecule has 2 heteroatoms. The van der Waals surface area contributed by atoms with Gasteiger partial charge in [-0.15, -0.1) is 0 Å². The maximum atomic E-state index is 4.94. The second-order valence-corrected chi connectivity index (χ2v) is 11.9. The highest BCUT2D eigenvalue weighted by molar-refractivity contribution is 7.37. The molecule has 0 atom stereocenters. The Labute approximate surface area is 152 Å². The fraction of sp³-hybridized carbons (Fsp3) is 0.727. The minimum absolute atomic E-state index is 0.0193. The smallest absolute Gasteiger partial charge is 0.0571 e. The lowest BCUT2D eigenvalue weighted by atomic mass is 9.75. The van der Waals surface area contributed by atoms with Gasteiger partial charge in [0.15, 0.2) is 0 Å². The number of benzene rings is 1. The van der Waals surface area contributed by atoms with Crippen LogP contribution in [0.25, 0.3) is 0 Å². The van der Waals surface area contributed by atoms with Gasteiger partial charge in [-0.05, 0) is 53.7 Å². The summed E-state index contributed by atoms with van der Waals surface area (Å²) in [5, 5.41) is 1.40. The summed E-state index contributed by atoms with van der Waals surface area (Å²) in [5.74, 6) is 0. The van der Waals surface area contributed by atoms with Crippen molar-refractivity contribution in [2.24, 2.45) is 4.74 Å². The first-order chi connectivity index (χ1) is 10.4. The molecule has 136 valence electrons. The van der Waals surface area contributed by atoms with Crippen molar-refractivity contribution < 1.29 is 0 Å². The van der Waals surface area contributed by atoms with Crippen molar-refractivity contribution in [3.63, 3.8) is 0 Å². The molecule has 0 aliphatic rings. The highest BCUT2D eigenvalue weighted by atomic mass is 31.1. The van der Waals surface area contributed by atoms with E-state index in [9.17, 15) is 0 Å². The number of nitrogens with zero attached hydrogens (tertiary/aromatic N) is 1. The van der Waals surface area contributed by atoms with Crippen molar-refractivity contribution in [1.82, 2.24) is 0 Å². The van der Waals surface area contributed by atoms with Gasteiger partial charge in [0.05, 0.1) is 5.54 Å². The zero-order valence-electron chi connectivity index (χ0n) is 18.0. The third kappa shape index (κ3) is 5.69. The fourth-order valence-electron chi connectivity index (χ4n) is 2.52. The summed E-state index contributed by atoms with van der Waals surface area (Å²) in [7, 11) is 1.09. The van der Waals surface area contributed by atoms with Crippen LogP contribution in [0.1, 0.15) is 99.8 Å². The summed E-state index contributed by atoms with van der Waals surface area (Å²) in [4.78, 5) is 0. The van der Waals surface area contributed by atoms with Crippen LogP contribution < -0.4 is 5.30 Å². The Morgan fingerprint density at radius 2 is 1.00 bits per heavy atom. The number of rotatable bonds is 1. The van der Waals surface area contributed by atoms with E-state index < -0.39 is 0 Å². The molecular formula is C22H38NP. The molecule has 0 spiro atoms. The van der Waals surface area contributed by atoms with Crippen molar-refractivity contribution in [3.8, 4) is 0 Å². The molecule has 24 heavy (non-hydrogen) atoms. The van der Waals surface area contributed by atoms with Crippen molar-refractivity contribution in [3.05, 3.63) is 28.8 Å². The lowest BCUT2D eigenvalue weighted by Crippen LogP contribution is -2.29. The Kier molecular flexibility index (Phi) is 5.84. The van der Waals surface area contributed by atoms with Gasteiger partial charge >= 0.3 is 0 Å². The van der Waals surface area contributed by atoms with Gasteiger partial charge in [-0.1, -0.05) is 74.4 Å². The van der Waals surface area contributed by atoms with E-state index in [1.807, 2.05) is 0 Å². The summed E-state index contributed by atoms with van der Waals surface area (Å²) < 4.78 is 4.94. The third-order valence-corrected chi connectivity index (χ3v) is 5.42. The first kappa shape index (κ1) is 21.4. The van der Waals surface area contributed by atoms with Gasteiger partial charge in [0, 0.05) is 13.7 Å². The largest absolute Gasteiger partial charge is 0.258 e. The van der Waals surface area contributed by atoms with E-state index in [4.69, 9.17) is 4.74 Å². The maximum Gasteiger partial charge on any atom is 0.0571 e. The van der Waals surface area contributed by atoms with Gasteiger partial charge in [0.25, 0.3) is 0 Å². The van der Waals surface area contributed by atoms with E-state index in [2.05, 4.69) is 95.2 Å². The molecule has 1 aromatic carbocycles. The van der Waals surface area contributed by atoms with Crippen molar-refractivity contribution in [2.45, 2.75) is 105 Å². The molecule has 0 heterocycles. The third-order valence-electron chi connectivity index (χ3n) is 4.04. The van der Waals surface area contributed by atoms with E-state index in [-0.39, 0.29) is 21.8 Å². The van der Waals surface area contributed by atoms with Crippen LogP contribution in [-0.4, -0.2) is 5.54 Å². The molecular weight excluding hydrogens is 309 g/mol. The molecule has 0 aliphatic carbocycles. The van der Waals surface area contributed by atoms with Crippen LogP contribution in [0.5, 0.6) is 0 Å². The lowest BCUT2D eigenvalue weighted by Gasteiger charge is -2.32. The second kappa shape index (κ2) is 6.56. The highest BCUT2D eigenvalue weighted by Gasteiger charge is 2.29. The van der Waals surface area contributed by atoms with E-state index in [0.29, 0.717) is 0 Å². The van der Waals surface area contributed by atoms with Crippen molar-refractivity contribution in [2.75, 3.05) is 0 Å². The molecule has 0 bridgehead atoms. The zero-order chi connectivity index (χ0) is 19.1. The van der Waals surface area contributed by atoms with Crippen LogP contribution >= 0.6 is 8.37 Å². The first-order valence-electron chi connectivity index (χ1n) is 9.05. The Balaban J connectivity index is 3.85. The Hall–Kier alpha value is -0.680. The van der Waals surface area contributed by atoms with Crippen LogP contribution in [0.4, 0.5) is 0 Å². The minimum Gasteiger partial charge on any atom is -0.258 e. The summed E-state index contributed by atoms with van der Waals surface area (Å²) in [6, 6.07) is 4.85. The zero-order valence-corrected chi connectivity index (χ0v) is 18.9. The van der Waals surface area contributed by atoms with Gasteiger partial charge in [0.2, 0.25) is 0 Å². The topological polar surface area (TPSA) is 12.4 Å².